The van der Waals surface area contributed by atoms with Crippen molar-refractivity contribution in [1.29, 1.82) is 0 Å². The fraction of sp³-hybridized carbons (Fsp3) is 0.278. The molecule has 0 aliphatic carbocycles. The van der Waals surface area contributed by atoms with Gasteiger partial charge in [-0.15, -0.1) is 24.0 Å². The molecule has 10 heteroatoms. The number of guanidine groups is 1. The van der Waals surface area contributed by atoms with E-state index in [1.807, 2.05) is 6.92 Å². The maximum Gasteiger partial charge on any atom is 0.216 e. The maximum absolute atomic E-state index is 13.7. The zero-order chi connectivity index (χ0) is 19.1. The Hall–Kier alpha value is -2.50. The third-order valence-electron chi connectivity index (χ3n) is 3.69. The minimum Gasteiger partial charge on any atom is -0.461 e. The molecule has 0 aliphatic rings. The van der Waals surface area contributed by atoms with Crippen LogP contribution in [0.2, 0.25) is 0 Å². The quantitative estimate of drug-likeness (QED) is 0.262. The van der Waals surface area contributed by atoms with Crippen molar-refractivity contribution in [3.05, 3.63) is 59.6 Å². The van der Waals surface area contributed by atoms with Gasteiger partial charge in [0.25, 0.3) is 0 Å². The minimum atomic E-state index is -0.489. The van der Waals surface area contributed by atoms with Crippen LogP contribution in [0.25, 0.3) is 11.6 Å². The molecule has 150 valence electrons. The van der Waals surface area contributed by atoms with Crippen molar-refractivity contribution in [3.63, 3.8) is 0 Å². The van der Waals surface area contributed by atoms with E-state index in [2.05, 4.69) is 30.8 Å². The van der Waals surface area contributed by atoms with Crippen LogP contribution in [0, 0.1) is 11.6 Å². The number of hydrogen-bond donors (Lipinski definition) is 3. The number of nitrogens with zero attached hydrogens (tertiary/aromatic N) is 3. The summed E-state index contributed by atoms with van der Waals surface area (Å²) in [6.07, 6.45) is 2.14. The number of benzene rings is 1. The lowest BCUT2D eigenvalue weighted by molar-refractivity contribution is 0.577. The molecule has 0 aliphatic heterocycles. The summed E-state index contributed by atoms with van der Waals surface area (Å²) in [5, 5.41) is 13.2. The molecule has 0 unspecified atom stereocenters. The van der Waals surface area contributed by atoms with Gasteiger partial charge in [-0.1, -0.05) is 0 Å². The van der Waals surface area contributed by atoms with Crippen LogP contribution in [0.3, 0.4) is 0 Å². The average molecular weight is 502 g/mol. The van der Waals surface area contributed by atoms with Crippen molar-refractivity contribution in [1.82, 2.24) is 25.8 Å². The number of aromatic nitrogens is 3. The lowest BCUT2D eigenvalue weighted by atomic mass is 10.2. The third-order valence-corrected chi connectivity index (χ3v) is 3.69. The molecule has 0 amide bonds. The molecular weight excluding hydrogens is 481 g/mol. The predicted molar refractivity (Wildman–Crippen MR) is 112 cm³/mol. The molecule has 3 aromatic rings. The molecule has 2 aromatic heterocycles. The highest BCUT2D eigenvalue weighted by Gasteiger charge is 2.08. The van der Waals surface area contributed by atoms with Gasteiger partial charge in [0.05, 0.1) is 12.8 Å². The van der Waals surface area contributed by atoms with Crippen LogP contribution in [-0.4, -0.2) is 34.2 Å². The second-order valence-corrected chi connectivity index (χ2v) is 5.69. The van der Waals surface area contributed by atoms with E-state index in [4.69, 9.17) is 4.42 Å². The normalized spacial score (nSPS) is 11.2. The summed E-state index contributed by atoms with van der Waals surface area (Å²) in [6.45, 7) is 3.13. The Balaban J connectivity index is 0.00000280. The molecule has 0 atom stereocenters. The summed E-state index contributed by atoms with van der Waals surface area (Å²) < 4.78 is 32.2. The van der Waals surface area contributed by atoms with Crippen LogP contribution in [0.15, 0.2) is 46.0 Å². The van der Waals surface area contributed by atoms with Crippen molar-refractivity contribution in [2.45, 2.75) is 19.9 Å². The Kier molecular flexibility index (Phi) is 8.36. The number of H-pyrrole nitrogens is 1. The number of rotatable bonds is 7. The second kappa shape index (κ2) is 10.7. The number of halogens is 3. The SMILES string of the molecule is CCNC(=NCc1cc(F)ccc1F)NCCc1nc(-c2ccco2)n[nH]1.I. The van der Waals surface area contributed by atoms with Gasteiger partial charge in [0.1, 0.15) is 17.5 Å². The van der Waals surface area contributed by atoms with Gasteiger partial charge < -0.3 is 15.1 Å². The zero-order valence-corrected chi connectivity index (χ0v) is 17.5. The smallest absolute Gasteiger partial charge is 0.216 e. The summed E-state index contributed by atoms with van der Waals surface area (Å²) in [5.41, 5.74) is 0.200. The second-order valence-electron chi connectivity index (χ2n) is 5.69. The van der Waals surface area contributed by atoms with Crippen LogP contribution in [0.4, 0.5) is 8.78 Å². The predicted octanol–water partition coefficient (Wildman–Crippen LogP) is 3.26. The number of nitrogens with one attached hydrogen (secondary N) is 3. The van der Waals surface area contributed by atoms with Gasteiger partial charge in [0.2, 0.25) is 5.82 Å². The molecule has 3 N–H and O–H groups in total. The van der Waals surface area contributed by atoms with Crippen LogP contribution >= 0.6 is 24.0 Å². The molecule has 0 bridgehead atoms. The summed E-state index contributed by atoms with van der Waals surface area (Å²) in [5.74, 6) is 1.32. The van der Waals surface area contributed by atoms with E-state index in [1.54, 1.807) is 18.4 Å². The molecule has 3 rings (SSSR count). The highest BCUT2D eigenvalue weighted by atomic mass is 127. The average Bonchev–Trinajstić information content (AvgIpc) is 3.33. The Morgan fingerprint density at radius 1 is 1.25 bits per heavy atom. The van der Waals surface area contributed by atoms with Gasteiger partial charge in [0, 0.05) is 25.1 Å². The van der Waals surface area contributed by atoms with Crippen molar-refractivity contribution >= 4 is 29.9 Å². The lowest BCUT2D eigenvalue weighted by Gasteiger charge is -2.10. The molecule has 2 heterocycles. The third kappa shape index (κ3) is 6.01. The van der Waals surface area contributed by atoms with Crippen molar-refractivity contribution in [2.24, 2.45) is 4.99 Å². The number of hydrogen-bond acceptors (Lipinski definition) is 4. The zero-order valence-electron chi connectivity index (χ0n) is 15.2. The van der Waals surface area contributed by atoms with Gasteiger partial charge >= 0.3 is 0 Å². The van der Waals surface area contributed by atoms with Gasteiger partial charge in [-0.05, 0) is 37.3 Å². The number of aliphatic imine (C=N–C) groups is 1. The minimum absolute atomic E-state index is 0. The van der Waals surface area contributed by atoms with Crippen LogP contribution < -0.4 is 10.6 Å². The molecular formula is C18H21F2IN6O. The van der Waals surface area contributed by atoms with Gasteiger partial charge in [-0.3, -0.25) is 5.10 Å². The van der Waals surface area contributed by atoms with Crippen molar-refractivity contribution in [2.75, 3.05) is 13.1 Å². The summed E-state index contributed by atoms with van der Waals surface area (Å²) in [4.78, 5) is 8.65. The van der Waals surface area contributed by atoms with Gasteiger partial charge in [0.15, 0.2) is 11.7 Å². The van der Waals surface area contributed by atoms with Crippen LogP contribution in [0.1, 0.15) is 18.3 Å². The largest absolute Gasteiger partial charge is 0.461 e. The monoisotopic (exact) mass is 502 g/mol. The first-order chi connectivity index (χ1) is 13.2. The Morgan fingerprint density at radius 3 is 2.86 bits per heavy atom. The van der Waals surface area contributed by atoms with Crippen molar-refractivity contribution < 1.29 is 13.2 Å². The fourth-order valence-corrected chi connectivity index (χ4v) is 2.39. The van der Waals surface area contributed by atoms with Gasteiger partial charge in [-0.25, -0.2) is 18.8 Å². The standard InChI is InChI=1S/C18H20F2N6O.HI/c1-2-21-18(23-11-12-10-13(19)5-6-14(12)20)22-8-7-16-24-17(26-25-16)15-4-3-9-27-15;/h3-6,9-10H,2,7-8,11H2,1H3,(H2,21,22,23)(H,24,25,26);1H. The Labute approximate surface area is 178 Å². The first-order valence-electron chi connectivity index (χ1n) is 8.57. The number of furan rings is 1. The first-order valence-corrected chi connectivity index (χ1v) is 8.57. The van der Waals surface area contributed by atoms with E-state index in [-0.39, 0.29) is 36.1 Å². The van der Waals surface area contributed by atoms with E-state index in [1.165, 1.54) is 0 Å². The van der Waals surface area contributed by atoms with E-state index in [9.17, 15) is 8.78 Å². The summed E-state index contributed by atoms with van der Waals surface area (Å²) >= 11 is 0. The maximum atomic E-state index is 13.7. The Bertz CT molecular complexity index is 897. The lowest BCUT2D eigenvalue weighted by Crippen LogP contribution is -2.38. The van der Waals surface area contributed by atoms with Crippen LogP contribution in [0.5, 0.6) is 0 Å². The van der Waals surface area contributed by atoms with E-state index in [0.29, 0.717) is 42.9 Å². The van der Waals surface area contributed by atoms with E-state index in [0.717, 1.165) is 18.2 Å². The van der Waals surface area contributed by atoms with Crippen LogP contribution in [-0.2, 0) is 13.0 Å². The highest BCUT2D eigenvalue weighted by molar-refractivity contribution is 14.0. The molecule has 0 radical (unpaired) electrons. The number of aromatic amines is 1. The molecule has 0 saturated heterocycles. The van der Waals surface area contributed by atoms with E-state index < -0.39 is 11.6 Å². The molecule has 7 nitrogen and oxygen atoms in total. The van der Waals surface area contributed by atoms with E-state index >= 15 is 0 Å². The molecule has 0 spiro atoms. The summed E-state index contributed by atoms with van der Waals surface area (Å²) in [6, 6.07) is 6.88. The fourth-order valence-electron chi connectivity index (χ4n) is 2.39. The highest BCUT2D eigenvalue weighted by Crippen LogP contribution is 2.14. The van der Waals surface area contributed by atoms with Crippen molar-refractivity contribution in [3.8, 4) is 11.6 Å². The first kappa shape index (κ1) is 21.8. The molecule has 0 fully saturated rings. The Morgan fingerprint density at radius 2 is 2.11 bits per heavy atom. The molecule has 28 heavy (non-hydrogen) atoms. The molecule has 1 aromatic carbocycles. The topological polar surface area (TPSA) is 91.1 Å². The summed E-state index contributed by atoms with van der Waals surface area (Å²) in [7, 11) is 0. The van der Waals surface area contributed by atoms with Gasteiger partial charge in [-0.2, -0.15) is 5.10 Å². The molecule has 0 saturated carbocycles.